The number of aliphatic hydroxyl groups excluding tert-OH is 1. The highest BCUT2D eigenvalue weighted by molar-refractivity contribution is 6.30. The molecule has 0 heterocycles. The van der Waals surface area contributed by atoms with E-state index in [1.54, 1.807) is 0 Å². The van der Waals surface area contributed by atoms with Crippen LogP contribution in [0.25, 0.3) is 0 Å². The Hall–Kier alpha value is -0.530. The first kappa shape index (κ1) is 11.0. The molecule has 1 atom stereocenters. The fraction of sp³-hybridized carbons (Fsp3) is 0.538. The van der Waals surface area contributed by atoms with Crippen LogP contribution in [0.4, 0.5) is 0 Å². The Morgan fingerprint density at radius 2 is 2.00 bits per heavy atom. The number of benzene rings is 1. The van der Waals surface area contributed by atoms with Crippen LogP contribution in [-0.2, 0) is 0 Å². The molecule has 1 aromatic rings. The molecule has 2 rings (SSSR count). The molecule has 1 aromatic carbocycles. The van der Waals surface area contributed by atoms with Crippen LogP contribution >= 0.6 is 11.6 Å². The van der Waals surface area contributed by atoms with Gasteiger partial charge in [-0.05, 0) is 48.9 Å². The third kappa shape index (κ3) is 2.35. The Balaban J connectivity index is 2.23. The van der Waals surface area contributed by atoms with Crippen molar-refractivity contribution in [2.45, 2.75) is 38.7 Å². The number of aryl methyl sites for hydroxylation is 1. The summed E-state index contributed by atoms with van der Waals surface area (Å²) in [5.41, 5.74) is 2.15. The first-order valence-electron chi connectivity index (χ1n) is 5.62. The minimum absolute atomic E-state index is 0.328. The van der Waals surface area contributed by atoms with Gasteiger partial charge in [0.1, 0.15) is 0 Å². The molecule has 0 spiro atoms. The molecular weight excluding hydrogens is 208 g/mol. The molecular formula is C13H17ClO. The van der Waals surface area contributed by atoms with E-state index in [0.29, 0.717) is 10.9 Å². The molecule has 0 bridgehead atoms. The van der Waals surface area contributed by atoms with Gasteiger partial charge in [-0.15, -0.1) is 0 Å². The second-order valence-corrected chi connectivity index (χ2v) is 4.93. The minimum Gasteiger partial charge on any atom is -0.388 e. The molecule has 1 aliphatic carbocycles. The van der Waals surface area contributed by atoms with Crippen LogP contribution in [0, 0.1) is 12.8 Å². The van der Waals surface area contributed by atoms with Gasteiger partial charge in [-0.1, -0.05) is 30.5 Å². The molecule has 15 heavy (non-hydrogen) atoms. The van der Waals surface area contributed by atoms with Crippen molar-refractivity contribution in [3.63, 3.8) is 0 Å². The standard InChI is InChI=1S/C13H17ClO/c1-9-6-7-11(14)8-12(9)13(15)10-4-2-3-5-10/h6-8,10,13,15H,2-5H2,1H3. The molecule has 1 saturated carbocycles. The zero-order chi connectivity index (χ0) is 10.8. The fourth-order valence-electron chi connectivity index (χ4n) is 2.46. The van der Waals surface area contributed by atoms with Gasteiger partial charge in [0.05, 0.1) is 6.10 Å². The topological polar surface area (TPSA) is 20.2 Å². The van der Waals surface area contributed by atoms with Crippen molar-refractivity contribution in [2.75, 3.05) is 0 Å². The Bertz CT molecular complexity index is 342. The summed E-state index contributed by atoms with van der Waals surface area (Å²) < 4.78 is 0. The van der Waals surface area contributed by atoms with Crippen LogP contribution in [-0.4, -0.2) is 5.11 Å². The lowest BCUT2D eigenvalue weighted by molar-refractivity contribution is 0.111. The van der Waals surface area contributed by atoms with Gasteiger partial charge in [0.15, 0.2) is 0 Å². The van der Waals surface area contributed by atoms with E-state index in [4.69, 9.17) is 11.6 Å². The largest absolute Gasteiger partial charge is 0.388 e. The normalized spacial score (nSPS) is 19.4. The summed E-state index contributed by atoms with van der Waals surface area (Å²) in [5.74, 6) is 0.433. The Morgan fingerprint density at radius 1 is 1.33 bits per heavy atom. The summed E-state index contributed by atoms with van der Waals surface area (Å²) in [4.78, 5) is 0. The summed E-state index contributed by atoms with van der Waals surface area (Å²) in [6.07, 6.45) is 4.47. The van der Waals surface area contributed by atoms with E-state index in [0.717, 1.165) is 24.0 Å². The molecule has 1 nitrogen and oxygen atoms in total. The van der Waals surface area contributed by atoms with Crippen molar-refractivity contribution in [3.8, 4) is 0 Å². The third-order valence-electron chi connectivity index (χ3n) is 3.41. The highest BCUT2D eigenvalue weighted by Crippen LogP contribution is 2.37. The number of hydrogen-bond acceptors (Lipinski definition) is 1. The number of rotatable bonds is 2. The van der Waals surface area contributed by atoms with Crippen LogP contribution < -0.4 is 0 Å². The SMILES string of the molecule is Cc1ccc(Cl)cc1C(O)C1CCCC1. The van der Waals surface area contributed by atoms with Crippen molar-refractivity contribution < 1.29 is 5.11 Å². The van der Waals surface area contributed by atoms with Crippen LogP contribution in [0.1, 0.15) is 42.9 Å². The Labute approximate surface area is 96.1 Å². The molecule has 0 aromatic heterocycles. The van der Waals surface area contributed by atoms with Gasteiger partial charge in [0, 0.05) is 5.02 Å². The van der Waals surface area contributed by atoms with Gasteiger partial charge in [-0.3, -0.25) is 0 Å². The second-order valence-electron chi connectivity index (χ2n) is 4.49. The lowest BCUT2D eigenvalue weighted by atomic mass is 9.92. The van der Waals surface area contributed by atoms with E-state index in [1.807, 2.05) is 25.1 Å². The molecule has 1 fully saturated rings. The van der Waals surface area contributed by atoms with E-state index < -0.39 is 0 Å². The van der Waals surface area contributed by atoms with Gasteiger partial charge < -0.3 is 5.11 Å². The maximum Gasteiger partial charge on any atom is 0.0821 e. The highest BCUT2D eigenvalue weighted by atomic mass is 35.5. The number of hydrogen-bond donors (Lipinski definition) is 1. The summed E-state index contributed by atoms with van der Waals surface area (Å²) in [7, 11) is 0. The minimum atomic E-state index is -0.328. The number of halogens is 1. The quantitative estimate of drug-likeness (QED) is 0.809. The van der Waals surface area contributed by atoms with Gasteiger partial charge in [0.2, 0.25) is 0 Å². The maximum absolute atomic E-state index is 10.3. The lowest BCUT2D eigenvalue weighted by Crippen LogP contribution is -2.10. The van der Waals surface area contributed by atoms with Crippen LogP contribution in [0.3, 0.4) is 0 Å². The monoisotopic (exact) mass is 224 g/mol. The fourth-order valence-corrected chi connectivity index (χ4v) is 2.64. The summed E-state index contributed by atoms with van der Waals surface area (Å²) >= 11 is 5.96. The molecule has 0 saturated heterocycles. The van der Waals surface area contributed by atoms with Crippen LogP contribution in [0.2, 0.25) is 5.02 Å². The Kier molecular flexibility index (Phi) is 3.32. The molecule has 0 aliphatic heterocycles. The van der Waals surface area contributed by atoms with Crippen molar-refractivity contribution in [3.05, 3.63) is 34.3 Å². The Morgan fingerprint density at radius 3 is 2.67 bits per heavy atom. The average molecular weight is 225 g/mol. The van der Waals surface area contributed by atoms with E-state index in [-0.39, 0.29) is 6.10 Å². The molecule has 1 aliphatic rings. The predicted molar refractivity (Wildman–Crippen MR) is 63.1 cm³/mol. The zero-order valence-electron chi connectivity index (χ0n) is 9.04. The first-order chi connectivity index (χ1) is 7.18. The molecule has 0 radical (unpaired) electrons. The van der Waals surface area contributed by atoms with E-state index in [9.17, 15) is 5.11 Å². The van der Waals surface area contributed by atoms with Crippen molar-refractivity contribution in [1.82, 2.24) is 0 Å². The van der Waals surface area contributed by atoms with E-state index in [1.165, 1.54) is 12.8 Å². The average Bonchev–Trinajstić information content (AvgIpc) is 2.74. The molecule has 1 N–H and O–H groups in total. The maximum atomic E-state index is 10.3. The first-order valence-corrected chi connectivity index (χ1v) is 6.00. The summed E-state index contributed by atoms with van der Waals surface area (Å²) in [5, 5.41) is 11.0. The van der Waals surface area contributed by atoms with Crippen molar-refractivity contribution in [2.24, 2.45) is 5.92 Å². The lowest BCUT2D eigenvalue weighted by Gasteiger charge is -2.20. The molecule has 2 heteroatoms. The van der Waals surface area contributed by atoms with Crippen LogP contribution in [0.15, 0.2) is 18.2 Å². The van der Waals surface area contributed by atoms with E-state index in [2.05, 4.69) is 0 Å². The van der Waals surface area contributed by atoms with E-state index >= 15 is 0 Å². The van der Waals surface area contributed by atoms with Gasteiger partial charge in [-0.2, -0.15) is 0 Å². The molecule has 82 valence electrons. The van der Waals surface area contributed by atoms with Crippen molar-refractivity contribution in [1.29, 1.82) is 0 Å². The van der Waals surface area contributed by atoms with Crippen LogP contribution in [0.5, 0.6) is 0 Å². The number of aliphatic hydroxyl groups is 1. The van der Waals surface area contributed by atoms with Crippen molar-refractivity contribution >= 4 is 11.6 Å². The predicted octanol–water partition coefficient (Wildman–Crippen LogP) is 3.87. The summed E-state index contributed by atoms with van der Waals surface area (Å²) in [6.45, 7) is 2.03. The van der Waals surface area contributed by atoms with Gasteiger partial charge in [-0.25, -0.2) is 0 Å². The highest BCUT2D eigenvalue weighted by Gasteiger charge is 2.25. The van der Waals surface area contributed by atoms with Gasteiger partial charge >= 0.3 is 0 Å². The third-order valence-corrected chi connectivity index (χ3v) is 3.64. The van der Waals surface area contributed by atoms with Gasteiger partial charge in [0.25, 0.3) is 0 Å². The second kappa shape index (κ2) is 4.54. The smallest absolute Gasteiger partial charge is 0.0821 e. The molecule has 1 unspecified atom stereocenters. The zero-order valence-corrected chi connectivity index (χ0v) is 9.80. The summed E-state index contributed by atoms with van der Waals surface area (Å²) in [6, 6.07) is 5.76. The molecule has 0 amide bonds.